The maximum absolute atomic E-state index is 12.1. The van der Waals surface area contributed by atoms with Gasteiger partial charge in [0, 0.05) is 10.9 Å². The lowest BCUT2D eigenvalue weighted by molar-refractivity contribution is -0.148. The van der Waals surface area contributed by atoms with E-state index in [4.69, 9.17) is 4.52 Å². The Morgan fingerprint density at radius 1 is 1.37 bits per heavy atom. The van der Waals surface area contributed by atoms with Crippen LogP contribution in [-0.4, -0.2) is 27.7 Å². The fourth-order valence-electron chi connectivity index (χ4n) is 2.23. The zero-order chi connectivity index (χ0) is 13.5. The van der Waals surface area contributed by atoms with E-state index in [9.17, 15) is 14.7 Å². The van der Waals surface area contributed by atoms with Crippen LogP contribution in [0.1, 0.15) is 29.6 Å². The highest BCUT2D eigenvalue weighted by molar-refractivity contribution is 6.00. The number of carbonyl (C=O) groups is 2. The minimum Gasteiger partial charge on any atom is -0.480 e. The molecule has 0 saturated heterocycles. The van der Waals surface area contributed by atoms with Crippen molar-refractivity contribution in [2.45, 2.75) is 24.8 Å². The van der Waals surface area contributed by atoms with Crippen LogP contribution < -0.4 is 5.32 Å². The van der Waals surface area contributed by atoms with Gasteiger partial charge in [0.05, 0.1) is 6.20 Å². The molecule has 0 unspecified atom stereocenters. The minimum atomic E-state index is -1.10. The van der Waals surface area contributed by atoms with E-state index in [2.05, 4.69) is 10.5 Å². The molecule has 1 saturated carbocycles. The maximum atomic E-state index is 12.1. The number of hydrogen-bond donors (Lipinski definition) is 2. The zero-order valence-electron chi connectivity index (χ0n) is 10.0. The van der Waals surface area contributed by atoms with Gasteiger partial charge < -0.3 is 14.9 Å². The monoisotopic (exact) mass is 260 g/mol. The first-order chi connectivity index (χ1) is 9.11. The van der Waals surface area contributed by atoms with Crippen LogP contribution >= 0.6 is 0 Å². The van der Waals surface area contributed by atoms with Crippen molar-refractivity contribution in [3.8, 4) is 0 Å². The Kier molecular flexibility index (Phi) is 2.51. The number of carboxylic acids is 1. The van der Waals surface area contributed by atoms with Gasteiger partial charge in [-0.25, -0.2) is 4.79 Å². The lowest BCUT2D eigenvalue weighted by Gasteiger charge is -2.38. The molecule has 0 radical (unpaired) electrons. The fraction of sp³-hybridized carbons (Fsp3) is 0.308. The quantitative estimate of drug-likeness (QED) is 0.873. The van der Waals surface area contributed by atoms with Crippen LogP contribution in [0.15, 0.2) is 28.9 Å². The van der Waals surface area contributed by atoms with E-state index in [1.807, 2.05) is 0 Å². The third-order valence-electron chi connectivity index (χ3n) is 3.58. The number of nitrogens with one attached hydrogen (secondary N) is 1. The molecule has 6 heteroatoms. The second kappa shape index (κ2) is 4.08. The van der Waals surface area contributed by atoms with Crippen molar-refractivity contribution < 1.29 is 19.2 Å². The van der Waals surface area contributed by atoms with E-state index in [1.165, 1.54) is 6.20 Å². The van der Waals surface area contributed by atoms with Gasteiger partial charge in [0.2, 0.25) is 0 Å². The van der Waals surface area contributed by atoms with Crippen molar-refractivity contribution in [1.82, 2.24) is 10.5 Å². The van der Waals surface area contributed by atoms with E-state index in [-0.39, 0.29) is 5.91 Å². The molecule has 1 heterocycles. The zero-order valence-corrected chi connectivity index (χ0v) is 10.0. The highest BCUT2D eigenvalue weighted by atomic mass is 16.5. The van der Waals surface area contributed by atoms with E-state index in [0.29, 0.717) is 29.4 Å². The van der Waals surface area contributed by atoms with Crippen LogP contribution in [0.3, 0.4) is 0 Å². The number of benzene rings is 1. The smallest absolute Gasteiger partial charge is 0.329 e. The summed E-state index contributed by atoms with van der Waals surface area (Å²) in [6, 6.07) is 4.87. The van der Waals surface area contributed by atoms with Gasteiger partial charge >= 0.3 is 5.97 Å². The maximum Gasteiger partial charge on any atom is 0.329 e. The second-order valence-corrected chi connectivity index (χ2v) is 4.77. The lowest BCUT2D eigenvalue weighted by atomic mass is 9.76. The van der Waals surface area contributed by atoms with Crippen LogP contribution in [0.25, 0.3) is 11.0 Å². The van der Waals surface area contributed by atoms with E-state index < -0.39 is 11.5 Å². The Labute approximate surface area is 108 Å². The molecule has 6 nitrogen and oxygen atoms in total. The number of carbonyl (C=O) groups excluding carboxylic acids is 1. The number of carboxylic acid groups (broad SMARTS) is 1. The third kappa shape index (κ3) is 1.85. The molecule has 0 spiro atoms. The Morgan fingerprint density at radius 3 is 2.79 bits per heavy atom. The molecule has 2 aromatic rings. The van der Waals surface area contributed by atoms with E-state index in [0.717, 1.165) is 6.42 Å². The molecule has 2 N–H and O–H groups in total. The van der Waals surface area contributed by atoms with Crippen molar-refractivity contribution >= 4 is 22.8 Å². The van der Waals surface area contributed by atoms with Crippen LogP contribution in [0.2, 0.25) is 0 Å². The molecule has 98 valence electrons. The molecule has 1 fully saturated rings. The van der Waals surface area contributed by atoms with Crippen LogP contribution in [0.4, 0.5) is 0 Å². The summed E-state index contributed by atoms with van der Waals surface area (Å²) in [6.07, 6.45) is 3.28. The third-order valence-corrected chi connectivity index (χ3v) is 3.58. The van der Waals surface area contributed by atoms with Gasteiger partial charge in [-0.3, -0.25) is 4.79 Å². The van der Waals surface area contributed by atoms with Crippen LogP contribution in [0.5, 0.6) is 0 Å². The van der Waals surface area contributed by atoms with Crippen molar-refractivity contribution in [2.75, 3.05) is 0 Å². The highest BCUT2D eigenvalue weighted by Crippen LogP contribution is 2.32. The summed E-state index contributed by atoms with van der Waals surface area (Å²) >= 11 is 0. The first kappa shape index (κ1) is 11.7. The summed E-state index contributed by atoms with van der Waals surface area (Å²) in [5.74, 6) is -1.36. The molecule has 1 aliphatic rings. The van der Waals surface area contributed by atoms with Gasteiger partial charge in [0.15, 0.2) is 5.58 Å². The average Bonchev–Trinajstić information content (AvgIpc) is 2.79. The summed E-state index contributed by atoms with van der Waals surface area (Å²) in [4.78, 5) is 23.3. The molecular formula is C13H12N2O4. The average molecular weight is 260 g/mol. The number of fused-ring (bicyclic) bond motifs is 1. The molecule has 1 aliphatic carbocycles. The molecule has 0 atom stereocenters. The topological polar surface area (TPSA) is 92.4 Å². The van der Waals surface area contributed by atoms with Gasteiger partial charge in [0.25, 0.3) is 5.91 Å². The highest BCUT2D eigenvalue weighted by Gasteiger charge is 2.45. The van der Waals surface area contributed by atoms with Crippen molar-refractivity contribution in [2.24, 2.45) is 0 Å². The standard InChI is InChI=1S/C13H12N2O4/c16-11(15-13(12(17)18)4-1-5-13)8-2-3-10-9(6-8)7-14-19-10/h2-3,6-7H,1,4-5H2,(H,15,16)(H,17,18). The number of aromatic nitrogens is 1. The van der Waals surface area contributed by atoms with Crippen molar-refractivity contribution in [3.63, 3.8) is 0 Å². The number of amides is 1. The van der Waals surface area contributed by atoms with Crippen molar-refractivity contribution in [1.29, 1.82) is 0 Å². The predicted octanol–water partition coefficient (Wildman–Crippen LogP) is 1.56. The first-order valence-electron chi connectivity index (χ1n) is 6.01. The van der Waals surface area contributed by atoms with E-state index >= 15 is 0 Å². The lowest BCUT2D eigenvalue weighted by Crippen LogP contribution is -2.59. The Morgan fingerprint density at radius 2 is 2.16 bits per heavy atom. The van der Waals surface area contributed by atoms with Gasteiger partial charge in [-0.1, -0.05) is 5.16 Å². The molecule has 0 aliphatic heterocycles. The Balaban J connectivity index is 1.85. The first-order valence-corrected chi connectivity index (χ1v) is 6.01. The normalized spacial score (nSPS) is 16.8. The number of nitrogens with zero attached hydrogens (tertiary/aromatic N) is 1. The molecule has 19 heavy (non-hydrogen) atoms. The van der Waals surface area contributed by atoms with Crippen LogP contribution in [0, 0.1) is 0 Å². The van der Waals surface area contributed by atoms with E-state index in [1.54, 1.807) is 18.2 Å². The Bertz CT molecular complexity index is 657. The van der Waals surface area contributed by atoms with Gasteiger partial charge in [-0.2, -0.15) is 0 Å². The van der Waals surface area contributed by atoms with Gasteiger partial charge in [0.1, 0.15) is 5.54 Å². The Hall–Kier alpha value is -2.37. The molecule has 1 aromatic heterocycles. The summed E-state index contributed by atoms with van der Waals surface area (Å²) in [6.45, 7) is 0. The SMILES string of the molecule is O=C(NC1(C(=O)O)CCC1)c1ccc2oncc2c1. The molecule has 1 amide bonds. The molecule has 0 bridgehead atoms. The second-order valence-electron chi connectivity index (χ2n) is 4.77. The number of aliphatic carboxylic acids is 1. The largest absolute Gasteiger partial charge is 0.480 e. The summed E-state index contributed by atoms with van der Waals surface area (Å²) in [5.41, 5.74) is -0.0999. The summed E-state index contributed by atoms with van der Waals surface area (Å²) in [5, 5.41) is 16.1. The number of rotatable bonds is 3. The minimum absolute atomic E-state index is 0.384. The number of hydrogen-bond acceptors (Lipinski definition) is 4. The fourth-order valence-corrected chi connectivity index (χ4v) is 2.23. The summed E-state index contributed by atoms with van der Waals surface area (Å²) < 4.78 is 4.95. The molecular weight excluding hydrogens is 248 g/mol. The van der Waals surface area contributed by atoms with Gasteiger partial charge in [-0.15, -0.1) is 0 Å². The van der Waals surface area contributed by atoms with Crippen molar-refractivity contribution in [3.05, 3.63) is 30.0 Å². The summed E-state index contributed by atoms with van der Waals surface area (Å²) in [7, 11) is 0. The van der Waals surface area contributed by atoms with Gasteiger partial charge in [-0.05, 0) is 37.5 Å². The van der Waals surface area contributed by atoms with Crippen LogP contribution in [-0.2, 0) is 4.79 Å². The predicted molar refractivity (Wildman–Crippen MR) is 65.7 cm³/mol. The molecule has 3 rings (SSSR count). The molecule has 1 aromatic carbocycles.